The van der Waals surface area contributed by atoms with Crippen molar-refractivity contribution in [1.29, 1.82) is 0 Å². The third-order valence-corrected chi connectivity index (χ3v) is 2.14. The molecule has 0 amide bonds. The summed E-state index contributed by atoms with van der Waals surface area (Å²) in [4.78, 5) is 0. The maximum atomic E-state index is 9.25. The van der Waals surface area contributed by atoms with Gasteiger partial charge in [-0.1, -0.05) is 6.08 Å². The van der Waals surface area contributed by atoms with Gasteiger partial charge < -0.3 is 14.6 Å². The fourth-order valence-electron chi connectivity index (χ4n) is 1.23. The van der Waals surface area contributed by atoms with Crippen molar-refractivity contribution < 1.29 is 14.6 Å². The summed E-state index contributed by atoms with van der Waals surface area (Å²) in [5.41, 5.74) is 0.923. The Kier molecular flexibility index (Phi) is 3.11. The zero-order valence-corrected chi connectivity index (χ0v) is 8.70. The Morgan fingerprint density at radius 1 is 1.62 bits per heavy atom. The van der Waals surface area contributed by atoms with Gasteiger partial charge in [0.1, 0.15) is 6.10 Å². The molecule has 3 heteroatoms. The zero-order chi connectivity index (χ0) is 10.1. The van der Waals surface area contributed by atoms with Crippen molar-refractivity contribution in [2.75, 3.05) is 6.61 Å². The van der Waals surface area contributed by atoms with Crippen molar-refractivity contribution in [3.8, 4) is 0 Å². The lowest BCUT2D eigenvalue weighted by molar-refractivity contribution is -0.133. The summed E-state index contributed by atoms with van der Waals surface area (Å²) >= 11 is 0. The third kappa shape index (κ3) is 3.10. The van der Waals surface area contributed by atoms with Gasteiger partial charge in [-0.3, -0.25) is 0 Å². The maximum Gasteiger partial charge on any atom is 0.163 e. The fourth-order valence-corrected chi connectivity index (χ4v) is 1.23. The first-order chi connectivity index (χ1) is 5.91. The minimum atomic E-state index is -0.486. The monoisotopic (exact) mass is 186 g/mol. The van der Waals surface area contributed by atoms with Gasteiger partial charge in [0, 0.05) is 0 Å². The van der Waals surface area contributed by atoms with E-state index in [0.29, 0.717) is 6.61 Å². The van der Waals surface area contributed by atoms with Crippen molar-refractivity contribution in [2.24, 2.45) is 0 Å². The highest BCUT2D eigenvalue weighted by molar-refractivity contribution is 5.07. The van der Waals surface area contributed by atoms with Crippen LogP contribution in [-0.4, -0.2) is 29.7 Å². The Balaban J connectivity index is 2.53. The Labute approximate surface area is 79.3 Å². The molecule has 0 spiro atoms. The van der Waals surface area contributed by atoms with Crippen LogP contribution in [0.15, 0.2) is 11.6 Å². The Bertz CT molecular complexity index is 206. The molecule has 76 valence electrons. The van der Waals surface area contributed by atoms with Gasteiger partial charge in [0.15, 0.2) is 5.79 Å². The average molecular weight is 186 g/mol. The highest BCUT2D eigenvalue weighted by atomic mass is 16.7. The van der Waals surface area contributed by atoms with Crippen molar-refractivity contribution in [2.45, 2.75) is 45.7 Å². The first kappa shape index (κ1) is 10.7. The van der Waals surface area contributed by atoms with E-state index in [-0.39, 0.29) is 6.10 Å². The lowest BCUT2D eigenvalue weighted by atomic mass is 10.1. The molecule has 0 aromatic carbocycles. The summed E-state index contributed by atoms with van der Waals surface area (Å²) in [6.07, 6.45) is 1.48. The minimum absolute atomic E-state index is 0.0235. The van der Waals surface area contributed by atoms with Crippen LogP contribution in [0.5, 0.6) is 0 Å². The number of aliphatic hydroxyl groups excluding tert-OH is 1. The molecule has 2 unspecified atom stereocenters. The number of hydrogen-bond donors (Lipinski definition) is 1. The van der Waals surface area contributed by atoms with Crippen LogP contribution in [-0.2, 0) is 9.47 Å². The van der Waals surface area contributed by atoms with E-state index in [1.54, 1.807) is 6.92 Å². The normalized spacial score (nSPS) is 30.5. The van der Waals surface area contributed by atoms with E-state index in [4.69, 9.17) is 9.47 Å². The molecule has 1 heterocycles. The molecule has 0 aliphatic carbocycles. The standard InChI is InChI=1S/C10H18O3/c1-7(8(2)11)5-9-6-12-10(3,4)13-9/h5,8-9,11H,6H2,1-4H3/b7-5+. The van der Waals surface area contributed by atoms with Crippen LogP contribution < -0.4 is 0 Å². The highest BCUT2D eigenvalue weighted by Gasteiger charge is 2.31. The first-order valence-electron chi connectivity index (χ1n) is 4.59. The topological polar surface area (TPSA) is 38.7 Å². The Morgan fingerprint density at radius 2 is 2.23 bits per heavy atom. The second kappa shape index (κ2) is 3.78. The lowest BCUT2D eigenvalue weighted by Crippen LogP contribution is -2.21. The second-order valence-electron chi connectivity index (χ2n) is 3.95. The summed E-state index contributed by atoms with van der Waals surface area (Å²) in [6.45, 7) is 7.97. The molecular weight excluding hydrogens is 168 g/mol. The van der Waals surface area contributed by atoms with Crippen LogP contribution in [0.4, 0.5) is 0 Å². The summed E-state index contributed by atoms with van der Waals surface area (Å²) in [6, 6.07) is 0. The van der Waals surface area contributed by atoms with E-state index >= 15 is 0 Å². The zero-order valence-electron chi connectivity index (χ0n) is 8.70. The van der Waals surface area contributed by atoms with E-state index in [9.17, 15) is 5.11 Å². The van der Waals surface area contributed by atoms with Gasteiger partial charge in [0.05, 0.1) is 12.7 Å². The van der Waals surface area contributed by atoms with Gasteiger partial charge in [-0.2, -0.15) is 0 Å². The molecule has 0 bridgehead atoms. The van der Waals surface area contributed by atoms with E-state index in [1.165, 1.54) is 0 Å². The second-order valence-corrected chi connectivity index (χ2v) is 3.95. The summed E-state index contributed by atoms with van der Waals surface area (Å²) in [5.74, 6) is -0.486. The molecule has 0 saturated carbocycles. The predicted molar refractivity (Wildman–Crippen MR) is 50.3 cm³/mol. The first-order valence-corrected chi connectivity index (χ1v) is 4.59. The van der Waals surface area contributed by atoms with Crippen LogP contribution in [0.25, 0.3) is 0 Å². The van der Waals surface area contributed by atoms with Crippen LogP contribution in [0.3, 0.4) is 0 Å². The van der Waals surface area contributed by atoms with Crippen LogP contribution in [0.2, 0.25) is 0 Å². The van der Waals surface area contributed by atoms with E-state index in [0.717, 1.165) is 5.57 Å². The van der Waals surface area contributed by atoms with Crippen molar-refractivity contribution in [1.82, 2.24) is 0 Å². The molecule has 1 N–H and O–H groups in total. The third-order valence-electron chi connectivity index (χ3n) is 2.14. The molecule has 2 atom stereocenters. The predicted octanol–water partition coefficient (Wildman–Crippen LogP) is 1.47. The van der Waals surface area contributed by atoms with Crippen LogP contribution in [0, 0.1) is 0 Å². The molecule has 13 heavy (non-hydrogen) atoms. The smallest absolute Gasteiger partial charge is 0.163 e. The van der Waals surface area contributed by atoms with Crippen molar-refractivity contribution in [3.63, 3.8) is 0 Å². The van der Waals surface area contributed by atoms with E-state index in [2.05, 4.69) is 0 Å². The largest absolute Gasteiger partial charge is 0.389 e. The molecule has 1 rings (SSSR count). The molecule has 1 saturated heterocycles. The Morgan fingerprint density at radius 3 is 2.62 bits per heavy atom. The van der Waals surface area contributed by atoms with Crippen molar-refractivity contribution in [3.05, 3.63) is 11.6 Å². The minimum Gasteiger partial charge on any atom is -0.389 e. The molecule has 0 aromatic heterocycles. The lowest BCUT2D eigenvalue weighted by Gasteiger charge is -2.16. The van der Waals surface area contributed by atoms with Gasteiger partial charge in [-0.15, -0.1) is 0 Å². The summed E-state index contributed by atoms with van der Waals surface area (Å²) < 4.78 is 10.9. The highest BCUT2D eigenvalue weighted by Crippen LogP contribution is 2.23. The average Bonchev–Trinajstić information content (AvgIpc) is 2.30. The van der Waals surface area contributed by atoms with Gasteiger partial charge >= 0.3 is 0 Å². The summed E-state index contributed by atoms with van der Waals surface area (Å²) in [5, 5.41) is 9.25. The molecule has 1 aliphatic rings. The number of rotatable bonds is 2. The van der Waals surface area contributed by atoms with Gasteiger partial charge in [-0.25, -0.2) is 0 Å². The van der Waals surface area contributed by atoms with Crippen LogP contribution in [0.1, 0.15) is 27.7 Å². The van der Waals surface area contributed by atoms with E-state index in [1.807, 2.05) is 26.8 Å². The number of ether oxygens (including phenoxy) is 2. The number of hydrogen-bond acceptors (Lipinski definition) is 3. The molecule has 3 nitrogen and oxygen atoms in total. The summed E-state index contributed by atoms with van der Waals surface area (Å²) in [7, 11) is 0. The SMILES string of the molecule is C/C(=C\C1COC(C)(C)O1)C(C)O. The van der Waals surface area contributed by atoms with Gasteiger partial charge in [0.2, 0.25) is 0 Å². The fraction of sp³-hybridized carbons (Fsp3) is 0.800. The molecular formula is C10H18O3. The molecule has 1 aliphatic heterocycles. The number of aliphatic hydroxyl groups is 1. The molecule has 1 fully saturated rings. The molecule has 0 aromatic rings. The van der Waals surface area contributed by atoms with Crippen molar-refractivity contribution >= 4 is 0 Å². The van der Waals surface area contributed by atoms with E-state index < -0.39 is 11.9 Å². The Hall–Kier alpha value is -0.380. The molecule has 0 radical (unpaired) electrons. The quantitative estimate of drug-likeness (QED) is 0.664. The van der Waals surface area contributed by atoms with Gasteiger partial charge in [0.25, 0.3) is 0 Å². The van der Waals surface area contributed by atoms with Gasteiger partial charge in [-0.05, 0) is 33.3 Å². The maximum absolute atomic E-state index is 9.25. The van der Waals surface area contributed by atoms with Crippen LogP contribution >= 0.6 is 0 Å².